The smallest absolute Gasteiger partial charge is 0.132 e. The third-order valence-corrected chi connectivity index (χ3v) is 4.28. The predicted molar refractivity (Wildman–Crippen MR) is 107 cm³/mol. The molecule has 0 saturated carbocycles. The van der Waals surface area contributed by atoms with E-state index < -0.39 is 0 Å². The summed E-state index contributed by atoms with van der Waals surface area (Å²) in [5, 5.41) is 14.0. The lowest BCUT2D eigenvalue weighted by Crippen LogP contribution is -2.30. The van der Waals surface area contributed by atoms with Crippen molar-refractivity contribution in [1.29, 1.82) is 5.41 Å². The van der Waals surface area contributed by atoms with E-state index in [0.29, 0.717) is 17.7 Å². The Morgan fingerprint density at radius 2 is 2.23 bits per heavy atom. The summed E-state index contributed by atoms with van der Waals surface area (Å²) in [4.78, 5) is 10.9. The third-order valence-electron chi connectivity index (χ3n) is 4.28. The van der Waals surface area contributed by atoms with E-state index in [-0.39, 0.29) is 5.92 Å². The first-order chi connectivity index (χ1) is 12.5. The highest BCUT2D eigenvalue weighted by Gasteiger charge is 2.20. The minimum Gasteiger partial charge on any atom is -0.384 e. The fourth-order valence-electron chi connectivity index (χ4n) is 2.77. The van der Waals surface area contributed by atoms with E-state index in [0.717, 1.165) is 29.2 Å². The van der Waals surface area contributed by atoms with Crippen molar-refractivity contribution in [3.05, 3.63) is 59.0 Å². The molecule has 0 saturated heterocycles. The number of hydrogen-bond acceptors (Lipinski definition) is 6. The second kappa shape index (κ2) is 7.43. The summed E-state index contributed by atoms with van der Waals surface area (Å²) in [5.74, 6) is 1.25. The first-order valence-corrected chi connectivity index (χ1v) is 8.70. The van der Waals surface area contributed by atoms with E-state index in [2.05, 4.69) is 38.5 Å². The lowest BCUT2D eigenvalue weighted by Gasteiger charge is -2.26. The molecule has 136 valence electrons. The average molecular weight is 351 g/mol. The molecule has 7 heteroatoms. The quantitative estimate of drug-likeness (QED) is 0.449. The lowest BCUT2D eigenvalue weighted by molar-refractivity contribution is 0.533. The number of nitrogens with one attached hydrogen (secondary N) is 3. The maximum absolute atomic E-state index is 7.46. The molecule has 1 atom stereocenters. The van der Waals surface area contributed by atoms with Gasteiger partial charge in [-0.05, 0) is 42.7 Å². The molecule has 0 aromatic rings. The Balaban J connectivity index is 1.75. The first kappa shape index (κ1) is 17.7. The van der Waals surface area contributed by atoms with Crippen LogP contribution in [0.3, 0.4) is 0 Å². The van der Waals surface area contributed by atoms with Gasteiger partial charge in [0, 0.05) is 19.0 Å². The maximum atomic E-state index is 7.46. The Morgan fingerprint density at radius 3 is 2.88 bits per heavy atom. The molecular formula is C19H25N7. The number of rotatable bonds is 5. The van der Waals surface area contributed by atoms with Crippen LogP contribution in [-0.2, 0) is 0 Å². The van der Waals surface area contributed by atoms with E-state index in [1.807, 2.05) is 38.5 Å². The Kier molecular flexibility index (Phi) is 5.06. The number of amidine groups is 1. The van der Waals surface area contributed by atoms with Crippen molar-refractivity contribution < 1.29 is 0 Å². The van der Waals surface area contributed by atoms with Crippen LogP contribution in [0.1, 0.15) is 20.8 Å². The fourth-order valence-corrected chi connectivity index (χ4v) is 2.77. The molecule has 26 heavy (non-hydrogen) atoms. The molecule has 3 heterocycles. The van der Waals surface area contributed by atoms with Gasteiger partial charge in [-0.1, -0.05) is 13.8 Å². The summed E-state index contributed by atoms with van der Waals surface area (Å²) in [7, 11) is 0. The molecule has 0 radical (unpaired) electrons. The van der Waals surface area contributed by atoms with E-state index in [1.165, 1.54) is 6.21 Å². The highest BCUT2D eigenvalue weighted by Crippen LogP contribution is 2.22. The molecule has 0 bridgehead atoms. The van der Waals surface area contributed by atoms with Gasteiger partial charge in [0.2, 0.25) is 0 Å². The highest BCUT2D eigenvalue weighted by molar-refractivity contribution is 5.97. The van der Waals surface area contributed by atoms with E-state index in [4.69, 9.17) is 11.1 Å². The van der Waals surface area contributed by atoms with Crippen LogP contribution in [0.2, 0.25) is 0 Å². The van der Waals surface area contributed by atoms with E-state index in [9.17, 15) is 0 Å². The normalized spacial score (nSPS) is 22.8. The van der Waals surface area contributed by atoms with Crippen molar-refractivity contribution in [3.63, 3.8) is 0 Å². The second-order valence-corrected chi connectivity index (χ2v) is 6.77. The standard InChI is InChI=1S/C19H25N7/c1-12(2)14(8-20)6-18(21)25-19-5-4-16-17(24-19)7-15(9-22-16)26-10-13(3)23-11-26/h4-9,11-13,20,22,24H,10H2,1-3H3,(H2,21,25). The summed E-state index contributed by atoms with van der Waals surface area (Å²) < 4.78 is 0. The average Bonchev–Trinajstić information content (AvgIpc) is 3.05. The van der Waals surface area contributed by atoms with Crippen LogP contribution in [0.15, 0.2) is 69.0 Å². The zero-order chi connectivity index (χ0) is 18.7. The first-order valence-electron chi connectivity index (χ1n) is 8.70. The van der Waals surface area contributed by atoms with Crippen molar-refractivity contribution in [2.24, 2.45) is 21.6 Å². The Hall–Kier alpha value is -3.09. The minimum atomic E-state index is 0.225. The lowest BCUT2D eigenvalue weighted by atomic mass is 10.0. The van der Waals surface area contributed by atoms with Crippen LogP contribution >= 0.6 is 0 Å². The molecular weight excluding hydrogens is 326 g/mol. The van der Waals surface area contributed by atoms with Crippen molar-refractivity contribution in [1.82, 2.24) is 15.5 Å². The zero-order valence-electron chi connectivity index (χ0n) is 15.3. The number of nitrogens with zero attached hydrogens (tertiary/aromatic N) is 3. The number of hydrogen-bond donors (Lipinski definition) is 4. The molecule has 1 unspecified atom stereocenters. The Morgan fingerprint density at radius 1 is 1.42 bits per heavy atom. The van der Waals surface area contributed by atoms with Gasteiger partial charge in [-0.3, -0.25) is 4.99 Å². The summed E-state index contributed by atoms with van der Waals surface area (Å²) in [5.41, 5.74) is 9.82. The van der Waals surface area contributed by atoms with E-state index in [1.54, 1.807) is 6.08 Å². The molecule has 5 N–H and O–H groups in total. The largest absolute Gasteiger partial charge is 0.384 e. The molecule has 0 amide bonds. The van der Waals surface area contributed by atoms with Gasteiger partial charge in [0.1, 0.15) is 11.7 Å². The molecule has 7 nitrogen and oxygen atoms in total. The van der Waals surface area contributed by atoms with Crippen LogP contribution in [0.5, 0.6) is 0 Å². The Bertz CT molecular complexity index is 806. The molecule has 3 rings (SSSR count). The van der Waals surface area contributed by atoms with Gasteiger partial charge in [0.05, 0.1) is 29.5 Å². The molecule has 0 spiro atoms. The summed E-state index contributed by atoms with van der Waals surface area (Å²) >= 11 is 0. The second-order valence-electron chi connectivity index (χ2n) is 6.77. The summed E-state index contributed by atoms with van der Waals surface area (Å²) in [6.07, 6.45) is 12.8. The van der Waals surface area contributed by atoms with Gasteiger partial charge in [0.15, 0.2) is 0 Å². The van der Waals surface area contributed by atoms with Gasteiger partial charge in [-0.2, -0.15) is 0 Å². The molecule has 0 aromatic heterocycles. The van der Waals surface area contributed by atoms with Gasteiger partial charge in [-0.15, -0.1) is 0 Å². The monoisotopic (exact) mass is 351 g/mol. The molecule has 0 aliphatic carbocycles. The molecule has 3 aliphatic rings. The maximum Gasteiger partial charge on any atom is 0.132 e. The summed E-state index contributed by atoms with van der Waals surface area (Å²) in [6.45, 7) is 7.01. The number of fused-ring (bicyclic) bond motifs is 1. The van der Waals surface area contributed by atoms with Gasteiger partial charge in [-0.25, -0.2) is 4.99 Å². The Labute approximate surface area is 154 Å². The number of aliphatic imine (C=N–C) groups is 2. The van der Waals surface area contributed by atoms with Crippen LogP contribution in [0.4, 0.5) is 0 Å². The number of nitrogens with two attached hydrogens (primary N) is 1. The molecule has 3 aliphatic heterocycles. The fraction of sp³-hybridized carbons (Fsp3) is 0.316. The van der Waals surface area contributed by atoms with Crippen molar-refractivity contribution >= 4 is 18.4 Å². The van der Waals surface area contributed by atoms with Gasteiger partial charge < -0.3 is 26.7 Å². The van der Waals surface area contributed by atoms with Crippen molar-refractivity contribution in [2.45, 2.75) is 26.8 Å². The number of dihydropyridines is 2. The van der Waals surface area contributed by atoms with Crippen LogP contribution in [0, 0.1) is 11.3 Å². The molecule has 0 fully saturated rings. The van der Waals surface area contributed by atoms with Crippen molar-refractivity contribution in [3.8, 4) is 0 Å². The topological polar surface area (TPSA) is 102 Å². The predicted octanol–water partition coefficient (Wildman–Crippen LogP) is 1.96. The zero-order valence-corrected chi connectivity index (χ0v) is 15.3. The van der Waals surface area contributed by atoms with Crippen LogP contribution in [0.25, 0.3) is 0 Å². The SMILES string of the molecule is CC1CN(C2=CNC3=CC=C(N=C(N)C=C(C=N)C(C)C)NC3=C2)C=N1. The highest BCUT2D eigenvalue weighted by atomic mass is 15.2. The minimum absolute atomic E-state index is 0.225. The van der Waals surface area contributed by atoms with Gasteiger partial charge in [0.25, 0.3) is 0 Å². The summed E-state index contributed by atoms with van der Waals surface area (Å²) in [6, 6.07) is 0.307. The number of allylic oxidation sites excluding steroid dienone is 4. The van der Waals surface area contributed by atoms with Crippen LogP contribution in [-0.4, -0.2) is 35.9 Å². The van der Waals surface area contributed by atoms with Crippen molar-refractivity contribution in [2.75, 3.05) is 6.54 Å². The van der Waals surface area contributed by atoms with Crippen LogP contribution < -0.4 is 16.4 Å². The van der Waals surface area contributed by atoms with Gasteiger partial charge >= 0.3 is 0 Å². The van der Waals surface area contributed by atoms with E-state index >= 15 is 0 Å². The molecule has 0 aromatic carbocycles. The third kappa shape index (κ3) is 3.93.